The van der Waals surface area contributed by atoms with Crippen LogP contribution in [0.5, 0.6) is 0 Å². The van der Waals surface area contributed by atoms with Gasteiger partial charge in [-0.3, -0.25) is 10.1 Å². The zero-order valence-corrected chi connectivity index (χ0v) is 14.0. The highest BCUT2D eigenvalue weighted by Gasteiger charge is 2.15. The summed E-state index contributed by atoms with van der Waals surface area (Å²) < 4.78 is 6.47. The summed E-state index contributed by atoms with van der Waals surface area (Å²) in [6.07, 6.45) is -0.739. The number of ether oxygens (including phenoxy) is 1. The number of benzene rings is 1. The second-order valence-electron chi connectivity index (χ2n) is 4.74. The predicted molar refractivity (Wildman–Crippen MR) is 87.1 cm³/mol. The number of carbonyl (C=O) groups is 2. The van der Waals surface area contributed by atoms with E-state index in [2.05, 4.69) is 20.3 Å². The molecule has 1 heterocycles. The molecule has 0 fully saturated rings. The van der Waals surface area contributed by atoms with Gasteiger partial charge in [0, 0.05) is 12.6 Å². The molecule has 0 spiro atoms. The van der Waals surface area contributed by atoms with E-state index in [1.165, 1.54) is 11.8 Å². The van der Waals surface area contributed by atoms with Crippen molar-refractivity contribution in [3.63, 3.8) is 0 Å². The lowest BCUT2D eigenvalue weighted by Gasteiger charge is -2.06. The number of rotatable bonds is 5. The fourth-order valence-corrected chi connectivity index (χ4v) is 2.66. The minimum Gasteiger partial charge on any atom is -0.450 e. The van der Waals surface area contributed by atoms with Crippen molar-refractivity contribution in [2.24, 2.45) is 7.05 Å². The van der Waals surface area contributed by atoms with Crippen LogP contribution in [0.25, 0.3) is 11.4 Å². The predicted octanol–water partition coefficient (Wildman–Crippen LogP) is 2.16. The summed E-state index contributed by atoms with van der Waals surface area (Å²) in [5.41, 5.74) is 2.09. The highest BCUT2D eigenvalue weighted by molar-refractivity contribution is 7.99. The van der Waals surface area contributed by atoms with Crippen LogP contribution >= 0.6 is 11.8 Å². The van der Waals surface area contributed by atoms with Gasteiger partial charge in [-0.25, -0.2) is 4.79 Å². The van der Waals surface area contributed by atoms with E-state index in [4.69, 9.17) is 0 Å². The highest BCUT2D eigenvalue weighted by atomic mass is 32.2. The number of amides is 2. The van der Waals surface area contributed by atoms with Crippen LogP contribution in [0.3, 0.4) is 0 Å². The lowest BCUT2D eigenvalue weighted by Crippen LogP contribution is -2.32. The maximum atomic E-state index is 11.7. The van der Waals surface area contributed by atoms with Crippen LogP contribution in [-0.4, -0.2) is 39.1 Å². The average Bonchev–Trinajstić information content (AvgIpc) is 2.87. The molecule has 0 radical (unpaired) electrons. The van der Waals surface area contributed by atoms with Crippen molar-refractivity contribution < 1.29 is 14.3 Å². The van der Waals surface area contributed by atoms with Gasteiger partial charge in [-0.05, 0) is 19.4 Å². The molecule has 1 aromatic carbocycles. The molecule has 122 valence electrons. The molecule has 23 heavy (non-hydrogen) atoms. The Bertz CT molecular complexity index is 714. The van der Waals surface area contributed by atoms with Crippen LogP contribution < -0.4 is 5.32 Å². The summed E-state index contributed by atoms with van der Waals surface area (Å²) in [4.78, 5) is 22.8. The lowest BCUT2D eigenvalue weighted by atomic mass is 10.1. The molecule has 0 unspecified atom stereocenters. The van der Waals surface area contributed by atoms with Crippen LogP contribution in [-0.2, 0) is 16.6 Å². The van der Waals surface area contributed by atoms with Crippen LogP contribution in [0.1, 0.15) is 12.5 Å². The molecule has 2 aromatic rings. The molecule has 0 aliphatic carbocycles. The molecule has 7 nitrogen and oxygen atoms in total. The van der Waals surface area contributed by atoms with Crippen molar-refractivity contribution in [1.82, 2.24) is 20.1 Å². The summed E-state index contributed by atoms with van der Waals surface area (Å²) in [5, 5.41) is 11.0. The van der Waals surface area contributed by atoms with E-state index in [0.29, 0.717) is 5.16 Å². The van der Waals surface area contributed by atoms with Crippen LogP contribution in [0.2, 0.25) is 0 Å². The smallest absolute Gasteiger partial charge is 0.413 e. The Morgan fingerprint density at radius 1 is 1.30 bits per heavy atom. The zero-order chi connectivity index (χ0) is 16.8. The number of imide groups is 1. The van der Waals surface area contributed by atoms with Crippen molar-refractivity contribution in [2.45, 2.75) is 19.0 Å². The molecule has 0 bridgehead atoms. The highest BCUT2D eigenvalue weighted by Crippen LogP contribution is 2.24. The standard InChI is InChI=1S/C15H18N4O3S/c1-4-22-15(21)16-12(20)9-23-14-18-17-13(19(14)3)11-8-6-5-7-10(11)2/h5-8H,4,9H2,1-3H3,(H,16,20,21). The molecule has 2 rings (SSSR count). The molecule has 8 heteroatoms. The Morgan fingerprint density at radius 3 is 2.74 bits per heavy atom. The minimum absolute atomic E-state index is 0.0541. The van der Waals surface area contributed by atoms with Crippen molar-refractivity contribution >= 4 is 23.8 Å². The van der Waals surface area contributed by atoms with E-state index in [1.807, 2.05) is 42.8 Å². The first kappa shape index (κ1) is 17.0. The second kappa shape index (κ2) is 7.77. The van der Waals surface area contributed by atoms with E-state index < -0.39 is 12.0 Å². The summed E-state index contributed by atoms with van der Waals surface area (Å²) >= 11 is 1.21. The first-order valence-electron chi connectivity index (χ1n) is 7.07. The van der Waals surface area contributed by atoms with Crippen molar-refractivity contribution in [3.05, 3.63) is 29.8 Å². The normalized spacial score (nSPS) is 10.4. The molecule has 1 aromatic heterocycles. The van der Waals surface area contributed by atoms with E-state index in [1.54, 1.807) is 6.92 Å². The van der Waals surface area contributed by atoms with Crippen molar-refractivity contribution in [3.8, 4) is 11.4 Å². The molecule has 2 amide bonds. The Hall–Kier alpha value is -2.35. The molecule has 0 aliphatic rings. The number of hydrogen-bond acceptors (Lipinski definition) is 6. The molecular formula is C15H18N4O3S. The van der Waals surface area contributed by atoms with Gasteiger partial charge in [0.05, 0.1) is 12.4 Å². The average molecular weight is 334 g/mol. The quantitative estimate of drug-likeness (QED) is 0.843. The third kappa shape index (κ3) is 4.32. The number of carbonyl (C=O) groups excluding carboxylic acids is 2. The van der Waals surface area contributed by atoms with E-state index in [0.717, 1.165) is 17.0 Å². The van der Waals surface area contributed by atoms with Crippen LogP contribution in [0.15, 0.2) is 29.4 Å². The lowest BCUT2D eigenvalue weighted by molar-refractivity contribution is -0.117. The number of aromatic nitrogens is 3. The number of thioether (sulfide) groups is 1. The second-order valence-corrected chi connectivity index (χ2v) is 5.68. The van der Waals surface area contributed by atoms with Gasteiger partial charge in [0.15, 0.2) is 11.0 Å². The van der Waals surface area contributed by atoms with Gasteiger partial charge < -0.3 is 9.30 Å². The molecule has 0 saturated carbocycles. The van der Waals surface area contributed by atoms with Gasteiger partial charge in [0.25, 0.3) is 0 Å². The van der Waals surface area contributed by atoms with E-state index in [9.17, 15) is 9.59 Å². The molecule has 0 atom stereocenters. The number of aryl methyl sites for hydroxylation is 1. The first-order valence-corrected chi connectivity index (χ1v) is 8.06. The zero-order valence-electron chi connectivity index (χ0n) is 13.2. The third-order valence-electron chi connectivity index (χ3n) is 3.07. The van der Waals surface area contributed by atoms with Gasteiger partial charge in [0.1, 0.15) is 0 Å². The largest absolute Gasteiger partial charge is 0.450 e. The maximum absolute atomic E-state index is 11.7. The number of nitrogens with one attached hydrogen (secondary N) is 1. The van der Waals surface area contributed by atoms with E-state index >= 15 is 0 Å². The molecular weight excluding hydrogens is 316 g/mol. The van der Waals surface area contributed by atoms with Gasteiger partial charge in [0.2, 0.25) is 5.91 Å². The summed E-state index contributed by atoms with van der Waals surface area (Å²) in [5.74, 6) is 0.351. The van der Waals surface area contributed by atoms with E-state index in [-0.39, 0.29) is 12.4 Å². The Kier molecular flexibility index (Phi) is 5.75. The SMILES string of the molecule is CCOC(=O)NC(=O)CSc1nnc(-c2ccccc2C)n1C. The summed E-state index contributed by atoms with van der Waals surface area (Å²) in [7, 11) is 1.84. The molecule has 0 saturated heterocycles. The van der Waals surface area contributed by atoms with Gasteiger partial charge in [-0.1, -0.05) is 36.0 Å². The van der Waals surface area contributed by atoms with Gasteiger partial charge in [-0.15, -0.1) is 10.2 Å². The fourth-order valence-electron chi connectivity index (χ4n) is 1.95. The molecule has 1 N–H and O–H groups in total. The Labute approximate surface area is 138 Å². The summed E-state index contributed by atoms with van der Waals surface area (Å²) in [6, 6.07) is 7.88. The van der Waals surface area contributed by atoms with Crippen LogP contribution in [0.4, 0.5) is 4.79 Å². The monoisotopic (exact) mass is 334 g/mol. The minimum atomic E-state index is -0.739. The fraction of sp³-hybridized carbons (Fsp3) is 0.333. The first-order chi connectivity index (χ1) is 11.0. The topological polar surface area (TPSA) is 86.1 Å². The van der Waals surface area contributed by atoms with Crippen molar-refractivity contribution in [1.29, 1.82) is 0 Å². The number of nitrogens with zero attached hydrogens (tertiary/aromatic N) is 3. The Morgan fingerprint density at radius 2 is 2.04 bits per heavy atom. The third-order valence-corrected chi connectivity index (χ3v) is 4.09. The number of hydrogen-bond donors (Lipinski definition) is 1. The maximum Gasteiger partial charge on any atom is 0.413 e. The number of alkyl carbamates (subject to hydrolysis) is 1. The summed E-state index contributed by atoms with van der Waals surface area (Å²) in [6.45, 7) is 3.89. The van der Waals surface area contributed by atoms with Crippen LogP contribution in [0, 0.1) is 6.92 Å². The van der Waals surface area contributed by atoms with Gasteiger partial charge in [-0.2, -0.15) is 0 Å². The molecule has 0 aliphatic heterocycles. The van der Waals surface area contributed by atoms with Crippen molar-refractivity contribution in [2.75, 3.05) is 12.4 Å². The van der Waals surface area contributed by atoms with Gasteiger partial charge >= 0.3 is 6.09 Å². The Balaban J connectivity index is 2.02.